The Bertz CT molecular complexity index is 750. The van der Waals surface area contributed by atoms with Gasteiger partial charge in [-0.3, -0.25) is 4.79 Å². The average molecular weight is 326 g/mol. The van der Waals surface area contributed by atoms with Crippen molar-refractivity contribution in [1.29, 1.82) is 0 Å². The molecule has 5 nitrogen and oxygen atoms in total. The fourth-order valence-corrected chi connectivity index (χ4v) is 2.08. The van der Waals surface area contributed by atoms with Gasteiger partial charge in [-0.15, -0.1) is 0 Å². The molecule has 0 aliphatic carbocycles. The Kier molecular flexibility index (Phi) is 5.73. The van der Waals surface area contributed by atoms with Gasteiger partial charge in [0.2, 0.25) is 0 Å². The van der Waals surface area contributed by atoms with Gasteiger partial charge in [-0.2, -0.15) is 0 Å². The number of rotatable bonds is 7. The number of hydrogen-bond donors (Lipinski definition) is 1. The van der Waals surface area contributed by atoms with E-state index in [9.17, 15) is 14.7 Å². The summed E-state index contributed by atoms with van der Waals surface area (Å²) in [7, 11) is 0. The molecule has 0 unspecified atom stereocenters. The number of carbonyl (C=O) groups is 2. The molecular formula is C19H18O5. The molecule has 124 valence electrons. The second-order valence-corrected chi connectivity index (χ2v) is 5.02. The Labute approximate surface area is 140 Å². The lowest BCUT2D eigenvalue weighted by Gasteiger charge is -2.14. The number of ether oxygens (including phenoxy) is 2. The standard InChI is InChI=1S/C19H18O5/c1-3-16(20)23-11-12-24-19-15(10-9-13(2)17(19)21)18(22)14-7-5-4-6-8-14/h3-10,21H,1,11-12H2,2H3. The molecule has 2 aromatic rings. The summed E-state index contributed by atoms with van der Waals surface area (Å²) in [6.45, 7) is 4.99. The first kappa shape index (κ1) is 17.3. The maximum atomic E-state index is 12.6. The van der Waals surface area contributed by atoms with E-state index in [1.54, 1.807) is 43.3 Å². The Morgan fingerprint density at radius 2 is 1.83 bits per heavy atom. The molecule has 5 heteroatoms. The fraction of sp³-hybridized carbons (Fsp3) is 0.158. The minimum Gasteiger partial charge on any atom is -0.504 e. The van der Waals surface area contributed by atoms with Crippen LogP contribution in [0, 0.1) is 6.92 Å². The summed E-state index contributed by atoms with van der Waals surface area (Å²) in [6.07, 6.45) is 1.05. The number of carbonyl (C=O) groups excluding carboxylic acids is 2. The molecule has 0 fully saturated rings. The van der Waals surface area contributed by atoms with Gasteiger partial charge in [0.25, 0.3) is 0 Å². The molecule has 0 aliphatic heterocycles. The highest BCUT2D eigenvalue weighted by Gasteiger charge is 2.19. The van der Waals surface area contributed by atoms with Gasteiger partial charge in [-0.1, -0.05) is 43.0 Å². The molecule has 0 bridgehead atoms. The van der Waals surface area contributed by atoms with E-state index < -0.39 is 5.97 Å². The van der Waals surface area contributed by atoms with Gasteiger partial charge in [0.1, 0.15) is 13.2 Å². The molecule has 0 radical (unpaired) electrons. The molecule has 0 saturated carbocycles. The smallest absolute Gasteiger partial charge is 0.330 e. The molecule has 24 heavy (non-hydrogen) atoms. The maximum absolute atomic E-state index is 12.6. The predicted molar refractivity (Wildman–Crippen MR) is 89.4 cm³/mol. The SMILES string of the molecule is C=CC(=O)OCCOc1c(C(=O)c2ccccc2)ccc(C)c1O. The third-order valence-corrected chi connectivity index (χ3v) is 3.35. The molecule has 0 saturated heterocycles. The summed E-state index contributed by atoms with van der Waals surface area (Å²) < 4.78 is 10.3. The Morgan fingerprint density at radius 1 is 1.12 bits per heavy atom. The number of benzene rings is 2. The van der Waals surface area contributed by atoms with Gasteiger partial charge in [0.15, 0.2) is 17.3 Å². The van der Waals surface area contributed by atoms with E-state index in [0.29, 0.717) is 11.1 Å². The third-order valence-electron chi connectivity index (χ3n) is 3.35. The zero-order valence-corrected chi connectivity index (χ0v) is 13.3. The Morgan fingerprint density at radius 3 is 2.50 bits per heavy atom. The molecule has 0 aromatic heterocycles. The van der Waals surface area contributed by atoms with Crippen LogP contribution in [0.25, 0.3) is 0 Å². The van der Waals surface area contributed by atoms with Crippen molar-refractivity contribution in [1.82, 2.24) is 0 Å². The van der Waals surface area contributed by atoms with E-state index >= 15 is 0 Å². The van der Waals surface area contributed by atoms with Crippen LogP contribution in [0.5, 0.6) is 11.5 Å². The van der Waals surface area contributed by atoms with Crippen LogP contribution < -0.4 is 4.74 Å². The van der Waals surface area contributed by atoms with Crippen LogP contribution in [0.15, 0.2) is 55.1 Å². The summed E-state index contributed by atoms with van der Waals surface area (Å²) >= 11 is 0. The monoisotopic (exact) mass is 326 g/mol. The van der Waals surface area contributed by atoms with Crippen molar-refractivity contribution in [2.24, 2.45) is 0 Å². The number of ketones is 1. The minimum absolute atomic E-state index is 0.00562. The average Bonchev–Trinajstić information content (AvgIpc) is 2.62. The lowest BCUT2D eigenvalue weighted by molar-refractivity contribution is -0.138. The first-order valence-electron chi connectivity index (χ1n) is 7.39. The highest BCUT2D eigenvalue weighted by atomic mass is 16.6. The minimum atomic E-state index is -0.562. The quantitative estimate of drug-likeness (QED) is 0.366. The summed E-state index contributed by atoms with van der Waals surface area (Å²) in [5.74, 6) is -0.845. The second-order valence-electron chi connectivity index (χ2n) is 5.02. The lowest BCUT2D eigenvalue weighted by Crippen LogP contribution is -2.12. The number of phenols is 1. The number of esters is 1. The van der Waals surface area contributed by atoms with E-state index in [2.05, 4.69) is 6.58 Å². The molecule has 2 aromatic carbocycles. The highest BCUT2D eigenvalue weighted by Crippen LogP contribution is 2.34. The van der Waals surface area contributed by atoms with Crippen molar-refractivity contribution in [3.63, 3.8) is 0 Å². The third kappa shape index (κ3) is 4.01. The second kappa shape index (κ2) is 7.97. The molecule has 1 N–H and O–H groups in total. The molecule has 0 atom stereocenters. The first-order valence-corrected chi connectivity index (χ1v) is 7.39. The van der Waals surface area contributed by atoms with Crippen LogP contribution >= 0.6 is 0 Å². The van der Waals surface area contributed by atoms with Gasteiger partial charge in [-0.25, -0.2) is 4.79 Å². The number of hydrogen-bond acceptors (Lipinski definition) is 5. The van der Waals surface area contributed by atoms with E-state index in [1.807, 2.05) is 6.07 Å². The topological polar surface area (TPSA) is 72.8 Å². The van der Waals surface area contributed by atoms with Gasteiger partial charge in [0, 0.05) is 11.6 Å². The molecule has 2 rings (SSSR count). The van der Waals surface area contributed by atoms with Crippen LogP contribution in [0.1, 0.15) is 21.5 Å². The predicted octanol–water partition coefficient (Wildman–Crippen LogP) is 3.04. The molecule has 0 spiro atoms. The summed E-state index contributed by atoms with van der Waals surface area (Å²) in [6, 6.07) is 12.0. The maximum Gasteiger partial charge on any atom is 0.330 e. The lowest BCUT2D eigenvalue weighted by atomic mass is 10.0. The highest BCUT2D eigenvalue weighted by molar-refractivity contribution is 6.11. The normalized spacial score (nSPS) is 10.0. The van der Waals surface area contributed by atoms with E-state index in [4.69, 9.17) is 9.47 Å². The van der Waals surface area contributed by atoms with Gasteiger partial charge in [0.05, 0.1) is 5.56 Å². The molecule has 0 aliphatic rings. The van der Waals surface area contributed by atoms with E-state index in [1.165, 1.54) is 0 Å². The number of phenolic OH excluding ortho intramolecular Hbond substituents is 1. The number of aryl methyl sites for hydroxylation is 1. The zero-order valence-electron chi connectivity index (χ0n) is 13.3. The van der Waals surface area contributed by atoms with Crippen LogP contribution in [0.4, 0.5) is 0 Å². The summed E-state index contributed by atoms with van der Waals surface area (Å²) in [5.41, 5.74) is 1.32. The van der Waals surface area contributed by atoms with Crippen LogP contribution in [-0.2, 0) is 9.53 Å². The van der Waals surface area contributed by atoms with Crippen LogP contribution in [-0.4, -0.2) is 30.1 Å². The zero-order chi connectivity index (χ0) is 17.5. The number of aromatic hydroxyl groups is 1. The van der Waals surface area contributed by atoms with Crippen molar-refractivity contribution in [2.75, 3.05) is 13.2 Å². The van der Waals surface area contributed by atoms with Crippen molar-refractivity contribution < 1.29 is 24.2 Å². The van der Waals surface area contributed by atoms with Crippen molar-refractivity contribution >= 4 is 11.8 Å². The molecule has 0 amide bonds. The summed E-state index contributed by atoms with van der Waals surface area (Å²) in [5, 5.41) is 10.2. The molecular weight excluding hydrogens is 308 g/mol. The Balaban J connectivity index is 2.22. The fourth-order valence-electron chi connectivity index (χ4n) is 2.08. The summed E-state index contributed by atoms with van der Waals surface area (Å²) in [4.78, 5) is 23.6. The van der Waals surface area contributed by atoms with E-state index in [-0.39, 0.29) is 36.1 Å². The van der Waals surface area contributed by atoms with Crippen LogP contribution in [0.3, 0.4) is 0 Å². The van der Waals surface area contributed by atoms with E-state index in [0.717, 1.165) is 6.08 Å². The van der Waals surface area contributed by atoms with Crippen molar-refractivity contribution in [2.45, 2.75) is 6.92 Å². The van der Waals surface area contributed by atoms with Crippen molar-refractivity contribution in [3.8, 4) is 11.5 Å². The first-order chi connectivity index (χ1) is 11.5. The Hall–Kier alpha value is -3.08. The largest absolute Gasteiger partial charge is 0.504 e. The van der Waals surface area contributed by atoms with Gasteiger partial charge in [-0.05, 0) is 18.6 Å². The van der Waals surface area contributed by atoms with Crippen molar-refractivity contribution in [3.05, 3.63) is 71.8 Å². The van der Waals surface area contributed by atoms with Gasteiger partial charge >= 0.3 is 5.97 Å². The molecule has 0 heterocycles. The van der Waals surface area contributed by atoms with Gasteiger partial charge < -0.3 is 14.6 Å². The van der Waals surface area contributed by atoms with Crippen LogP contribution in [0.2, 0.25) is 0 Å².